The molecule has 6 heteroatoms. The summed E-state index contributed by atoms with van der Waals surface area (Å²) in [6.07, 6.45) is 7.98. The molecule has 4 aliphatic carbocycles. The lowest BCUT2D eigenvalue weighted by atomic mass is 9.61. The Hall–Kier alpha value is -2.35. The van der Waals surface area contributed by atoms with Crippen molar-refractivity contribution in [2.24, 2.45) is 11.3 Å². The summed E-state index contributed by atoms with van der Waals surface area (Å²) >= 11 is 0. The molecular formula is C30H36N2O4. The number of likely N-dealkylation sites (N-methyl/N-ethyl adjacent to an activating group) is 1. The van der Waals surface area contributed by atoms with Crippen LogP contribution in [0.5, 0.6) is 0 Å². The average Bonchev–Trinajstić information content (AvgIpc) is 3.10. The van der Waals surface area contributed by atoms with E-state index in [1.54, 1.807) is 0 Å². The van der Waals surface area contributed by atoms with Gasteiger partial charge in [0.25, 0.3) is 0 Å². The summed E-state index contributed by atoms with van der Waals surface area (Å²) in [6.45, 7) is 2.26. The van der Waals surface area contributed by atoms with Gasteiger partial charge in [0.2, 0.25) is 0 Å². The van der Waals surface area contributed by atoms with Crippen LogP contribution in [0, 0.1) is 11.3 Å². The van der Waals surface area contributed by atoms with Gasteiger partial charge >= 0.3 is 0 Å². The van der Waals surface area contributed by atoms with E-state index in [0.29, 0.717) is 31.3 Å². The quantitative estimate of drug-likeness (QED) is 0.518. The molecule has 1 aromatic carbocycles. The minimum Gasteiger partial charge on any atom is -0.388 e. The minimum atomic E-state index is -1.21. The monoisotopic (exact) mass is 488 g/mol. The number of fused-ring (bicyclic) bond motifs is 4. The van der Waals surface area contributed by atoms with Gasteiger partial charge in [0, 0.05) is 29.2 Å². The number of allylic oxidation sites excluding steroid dienone is 3. The Morgan fingerprint density at radius 3 is 2.64 bits per heavy atom. The van der Waals surface area contributed by atoms with Gasteiger partial charge in [0.1, 0.15) is 6.10 Å². The molecule has 1 fully saturated rings. The van der Waals surface area contributed by atoms with Gasteiger partial charge in [-0.05, 0) is 91.9 Å². The molecule has 6 nitrogen and oxygen atoms in total. The van der Waals surface area contributed by atoms with E-state index in [-0.39, 0.29) is 17.4 Å². The van der Waals surface area contributed by atoms with Gasteiger partial charge in [0.05, 0.1) is 17.8 Å². The molecule has 7 unspecified atom stereocenters. The first-order chi connectivity index (χ1) is 17.1. The maximum atomic E-state index is 11.8. The fraction of sp³-hybridized carbons (Fsp3) is 0.500. The van der Waals surface area contributed by atoms with Crippen molar-refractivity contribution in [3.05, 3.63) is 71.1 Å². The van der Waals surface area contributed by atoms with Gasteiger partial charge in [-0.2, -0.15) is 0 Å². The molecule has 0 amide bonds. The summed E-state index contributed by atoms with van der Waals surface area (Å²) in [5, 5.41) is 47.3. The molecule has 0 spiro atoms. The number of aromatic nitrogens is 1. The highest BCUT2D eigenvalue weighted by Gasteiger charge is 2.53. The van der Waals surface area contributed by atoms with Crippen molar-refractivity contribution in [2.45, 2.75) is 69.0 Å². The topological polar surface area (TPSA) is 97.1 Å². The fourth-order valence-corrected chi connectivity index (χ4v) is 7.55. The molecule has 1 heterocycles. The number of aliphatic hydroxyl groups excluding tert-OH is 3. The highest BCUT2D eigenvalue weighted by molar-refractivity contribution is 5.87. The standard InChI is InChI=1S/C30H36N2O4/c1-29-15-26(33)21-13-24-27(34)28(35)25(32(2)3)14-30(24,36)10-8-20(21)23(29)7-6-22(29)18-4-5-19-16-31-11-9-17(19)12-18/h4-6,9,11-13,16,23,25-28,33-36H,7-8,10,14-15H2,1-3H3. The molecule has 1 aromatic heterocycles. The third kappa shape index (κ3) is 3.46. The zero-order chi connectivity index (χ0) is 25.4. The Morgan fingerprint density at radius 2 is 1.86 bits per heavy atom. The summed E-state index contributed by atoms with van der Waals surface area (Å²) in [6, 6.07) is 8.19. The second kappa shape index (κ2) is 8.33. The Kier molecular flexibility index (Phi) is 5.56. The van der Waals surface area contributed by atoms with Gasteiger partial charge in [-0.25, -0.2) is 0 Å². The lowest BCUT2D eigenvalue weighted by Crippen LogP contribution is -2.58. The summed E-state index contributed by atoms with van der Waals surface area (Å²) < 4.78 is 0. The average molecular weight is 489 g/mol. The molecule has 7 atom stereocenters. The molecule has 4 N–H and O–H groups in total. The smallest absolute Gasteiger partial charge is 0.105 e. The SMILES string of the molecule is CN(C)C1CC2(O)CCC3=C(C=C2C(O)C1O)C(O)CC1(C)C(c2ccc4cnccc4c2)=CCC31. The van der Waals surface area contributed by atoms with E-state index in [4.69, 9.17) is 0 Å². The van der Waals surface area contributed by atoms with E-state index in [1.807, 2.05) is 43.5 Å². The zero-order valence-corrected chi connectivity index (χ0v) is 21.2. The van der Waals surface area contributed by atoms with Gasteiger partial charge in [-0.15, -0.1) is 0 Å². The van der Waals surface area contributed by atoms with Gasteiger partial charge < -0.3 is 25.3 Å². The van der Waals surface area contributed by atoms with Crippen LogP contribution in [-0.4, -0.2) is 74.4 Å². The van der Waals surface area contributed by atoms with Crippen LogP contribution >= 0.6 is 0 Å². The minimum absolute atomic E-state index is 0.222. The number of pyridine rings is 1. The van der Waals surface area contributed by atoms with Crippen LogP contribution < -0.4 is 0 Å². The van der Waals surface area contributed by atoms with Crippen LogP contribution in [-0.2, 0) is 0 Å². The van der Waals surface area contributed by atoms with E-state index in [0.717, 1.165) is 22.8 Å². The first-order valence-corrected chi connectivity index (χ1v) is 13.1. The number of hydrogen-bond acceptors (Lipinski definition) is 6. The molecule has 190 valence electrons. The van der Waals surface area contributed by atoms with Crippen LogP contribution in [0.3, 0.4) is 0 Å². The van der Waals surface area contributed by atoms with Crippen LogP contribution in [0.25, 0.3) is 16.3 Å². The molecular weight excluding hydrogens is 452 g/mol. The summed E-state index contributed by atoms with van der Waals surface area (Å²) in [4.78, 5) is 6.10. The maximum Gasteiger partial charge on any atom is 0.105 e. The highest BCUT2D eigenvalue weighted by atomic mass is 16.3. The van der Waals surface area contributed by atoms with E-state index in [1.165, 1.54) is 16.7 Å². The molecule has 0 aliphatic heterocycles. The molecule has 2 aromatic rings. The zero-order valence-electron chi connectivity index (χ0n) is 21.2. The summed E-state index contributed by atoms with van der Waals surface area (Å²) in [5.41, 5.74) is 3.50. The second-order valence-corrected chi connectivity index (χ2v) is 11.8. The van der Waals surface area contributed by atoms with Crippen molar-refractivity contribution >= 4 is 16.3 Å². The van der Waals surface area contributed by atoms with E-state index < -0.39 is 23.9 Å². The first kappa shape index (κ1) is 24.0. The Labute approximate surface area is 212 Å². The van der Waals surface area contributed by atoms with E-state index in [9.17, 15) is 20.4 Å². The predicted octanol–water partition coefficient (Wildman–Crippen LogP) is 3.21. The third-order valence-electron chi connectivity index (χ3n) is 9.56. The van der Waals surface area contributed by atoms with Crippen molar-refractivity contribution in [1.82, 2.24) is 9.88 Å². The number of nitrogens with zero attached hydrogens (tertiary/aromatic N) is 2. The molecule has 0 bridgehead atoms. The third-order valence-corrected chi connectivity index (χ3v) is 9.56. The molecule has 1 saturated carbocycles. The molecule has 0 saturated heterocycles. The lowest BCUT2D eigenvalue weighted by molar-refractivity contribution is -0.0922. The van der Waals surface area contributed by atoms with Gasteiger partial charge in [-0.1, -0.05) is 36.8 Å². The number of hydrogen-bond donors (Lipinski definition) is 4. The predicted molar refractivity (Wildman–Crippen MR) is 140 cm³/mol. The number of aliphatic hydroxyl groups is 4. The highest BCUT2D eigenvalue weighted by Crippen LogP contribution is 2.60. The second-order valence-electron chi connectivity index (χ2n) is 11.8. The molecule has 6 rings (SSSR count). The van der Waals surface area contributed by atoms with Crippen LogP contribution in [0.15, 0.2) is 65.5 Å². The van der Waals surface area contributed by atoms with Crippen LogP contribution in [0.2, 0.25) is 0 Å². The Morgan fingerprint density at radius 1 is 1.06 bits per heavy atom. The van der Waals surface area contributed by atoms with E-state index in [2.05, 4.69) is 36.2 Å². The Bertz CT molecular complexity index is 1310. The van der Waals surface area contributed by atoms with Crippen molar-refractivity contribution in [3.63, 3.8) is 0 Å². The molecule has 36 heavy (non-hydrogen) atoms. The molecule has 0 radical (unpaired) electrons. The normalized spacial score (nSPS) is 38.3. The summed E-state index contributed by atoms with van der Waals surface area (Å²) in [7, 11) is 3.73. The maximum absolute atomic E-state index is 11.8. The van der Waals surface area contributed by atoms with Gasteiger partial charge in [0.15, 0.2) is 0 Å². The molecule has 4 aliphatic rings. The Balaban J connectivity index is 1.38. The van der Waals surface area contributed by atoms with Crippen molar-refractivity contribution in [3.8, 4) is 0 Å². The van der Waals surface area contributed by atoms with Crippen molar-refractivity contribution in [2.75, 3.05) is 14.1 Å². The largest absolute Gasteiger partial charge is 0.388 e. The van der Waals surface area contributed by atoms with Crippen molar-refractivity contribution in [1.29, 1.82) is 0 Å². The first-order valence-electron chi connectivity index (χ1n) is 13.1. The van der Waals surface area contributed by atoms with E-state index >= 15 is 0 Å². The van der Waals surface area contributed by atoms with Crippen LogP contribution in [0.1, 0.15) is 44.6 Å². The van der Waals surface area contributed by atoms with Crippen molar-refractivity contribution < 1.29 is 20.4 Å². The van der Waals surface area contributed by atoms with Crippen LogP contribution in [0.4, 0.5) is 0 Å². The summed E-state index contributed by atoms with van der Waals surface area (Å²) in [5.74, 6) is 0.228. The lowest BCUT2D eigenvalue weighted by Gasteiger charge is -2.46. The van der Waals surface area contributed by atoms with Gasteiger partial charge in [-0.3, -0.25) is 4.98 Å². The fourth-order valence-electron chi connectivity index (χ4n) is 7.55. The number of benzene rings is 1. The number of rotatable bonds is 2.